The Kier molecular flexibility index (Phi) is 4.99. The number of nitrogens with zero attached hydrogens (tertiary/aromatic N) is 2. The van der Waals surface area contributed by atoms with E-state index in [-0.39, 0.29) is 12.4 Å². The molecule has 102 valence electrons. The first-order valence-electron chi connectivity index (χ1n) is 7.10. The summed E-state index contributed by atoms with van der Waals surface area (Å²) in [6.45, 7) is 6.28. The van der Waals surface area contributed by atoms with Crippen molar-refractivity contribution in [3.05, 3.63) is 0 Å². The van der Waals surface area contributed by atoms with Crippen molar-refractivity contribution in [2.45, 2.75) is 70.4 Å². The van der Waals surface area contributed by atoms with Crippen molar-refractivity contribution in [3.63, 3.8) is 0 Å². The molecular weight excluding hydrogens is 228 g/mol. The van der Waals surface area contributed by atoms with Crippen molar-refractivity contribution in [3.8, 4) is 6.07 Å². The molecule has 0 spiro atoms. The topological polar surface area (TPSA) is 45.5 Å². The van der Waals surface area contributed by atoms with E-state index in [4.69, 9.17) is 14.7 Å². The first-order chi connectivity index (χ1) is 8.70. The zero-order valence-corrected chi connectivity index (χ0v) is 11.5. The second-order valence-corrected chi connectivity index (χ2v) is 5.60. The van der Waals surface area contributed by atoms with Gasteiger partial charge in [-0.25, -0.2) is 0 Å². The Bertz CT molecular complexity index is 301. The Hall–Kier alpha value is -0.630. The van der Waals surface area contributed by atoms with E-state index >= 15 is 0 Å². The van der Waals surface area contributed by atoms with Crippen molar-refractivity contribution in [1.82, 2.24) is 4.90 Å². The maximum atomic E-state index is 8.66. The number of hydrogen-bond donors (Lipinski definition) is 0. The molecule has 2 rings (SSSR count). The van der Waals surface area contributed by atoms with Gasteiger partial charge >= 0.3 is 0 Å². The van der Waals surface area contributed by atoms with E-state index in [0.717, 1.165) is 6.42 Å². The Balaban J connectivity index is 1.83. The monoisotopic (exact) mass is 252 g/mol. The molecule has 2 fully saturated rings. The zero-order valence-electron chi connectivity index (χ0n) is 11.5. The minimum atomic E-state index is -0.104. The van der Waals surface area contributed by atoms with Crippen LogP contribution in [0.4, 0.5) is 0 Å². The first-order valence-corrected chi connectivity index (χ1v) is 7.10. The standard InChI is InChI=1S/C14H24N2O2/c1-11(2)16-8-4-3-5-12(16)9-14-17-10-13(18-14)6-7-15/h11-14H,3-6,8-10H2,1-2H3. The summed E-state index contributed by atoms with van der Waals surface area (Å²) in [6.07, 6.45) is 5.11. The van der Waals surface area contributed by atoms with Crippen LogP contribution in [-0.4, -0.2) is 42.5 Å². The lowest BCUT2D eigenvalue weighted by atomic mass is 9.97. The molecule has 2 heterocycles. The molecule has 0 radical (unpaired) electrons. The van der Waals surface area contributed by atoms with Gasteiger partial charge in [-0.2, -0.15) is 5.26 Å². The van der Waals surface area contributed by atoms with Gasteiger partial charge in [0, 0.05) is 18.5 Å². The molecule has 0 amide bonds. The molecule has 2 aliphatic heterocycles. The van der Waals surface area contributed by atoms with Gasteiger partial charge in [0.05, 0.1) is 25.2 Å². The molecule has 0 aliphatic carbocycles. The van der Waals surface area contributed by atoms with Crippen LogP contribution < -0.4 is 0 Å². The number of hydrogen-bond acceptors (Lipinski definition) is 4. The molecular formula is C14H24N2O2. The van der Waals surface area contributed by atoms with Crippen LogP contribution in [0, 0.1) is 11.3 Å². The molecule has 4 heteroatoms. The average Bonchev–Trinajstić information content (AvgIpc) is 2.77. The SMILES string of the molecule is CC(C)N1CCCCC1CC1OCC(CC#N)O1. The first kappa shape index (κ1) is 13.8. The highest BCUT2D eigenvalue weighted by Gasteiger charge is 2.32. The van der Waals surface area contributed by atoms with Crippen LogP contribution in [-0.2, 0) is 9.47 Å². The van der Waals surface area contributed by atoms with Gasteiger partial charge in [0.25, 0.3) is 0 Å². The van der Waals surface area contributed by atoms with Crippen molar-refractivity contribution in [1.29, 1.82) is 5.26 Å². The van der Waals surface area contributed by atoms with Crippen molar-refractivity contribution >= 4 is 0 Å². The van der Waals surface area contributed by atoms with E-state index in [1.165, 1.54) is 25.8 Å². The highest BCUT2D eigenvalue weighted by molar-refractivity contribution is 4.83. The third-order valence-electron chi connectivity index (χ3n) is 3.93. The summed E-state index contributed by atoms with van der Waals surface area (Å²) < 4.78 is 11.4. The average molecular weight is 252 g/mol. The highest BCUT2D eigenvalue weighted by Crippen LogP contribution is 2.26. The van der Waals surface area contributed by atoms with Crippen LogP contribution in [0.15, 0.2) is 0 Å². The summed E-state index contributed by atoms with van der Waals surface area (Å²) in [5.41, 5.74) is 0. The third kappa shape index (κ3) is 3.44. The Labute approximate surface area is 110 Å². The predicted molar refractivity (Wildman–Crippen MR) is 68.9 cm³/mol. The van der Waals surface area contributed by atoms with E-state index < -0.39 is 0 Å². The number of likely N-dealkylation sites (tertiary alicyclic amines) is 1. The molecule has 3 unspecified atom stereocenters. The van der Waals surface area contributed by atoms with Crippen LogP contribution >= 0.6 is 0 Å². The van der Waals surface area contributed by atoms with Crippen LogP contribution in [0.25, 0.3) is 0 Å². The minimum Gasteiger partial charge on any atom is -0.350 e. The number of ether oxygens (including phenoxy) is 2. The third-order valence-corrected chi connectivity index (χ3v) is 3.93. The van der Waals surface area contributed by atoms with Gasteiger partial charge in [0.15, 0.2) is 6.29 Å². The molecule has 0 bridgehead atoms. The van der Waals surface area contributed by atoms with E-state index in [1.54, 1.807) is 0 Å². The highest BCUT2D eigenvalue weighted by atomic mass is 16.7. The molecule has 0 saturated carbocycles. The van der Waals surface area contributed by atoms with Gasteiger partial charge in [-0.15, -0.1) is 0 Å². The molecule has 2 aliphatic rings. The molecule has 3 atom stereocenters. The van der Waals surface area contributed by atoms with Gasteiger partial charge < -0.3 is 9.47 Å². The quantitative estimate of drug-likeness (QED) is 0.770. The van der Waals surface area contributed by atoms with E-state index in [1.807, 2.05) is 0 Å². The summed E-state index contributed by atoms with van der Waals surface area (Å²) >= 11 is 0. The summed E-state index contributed by atoms with van der Waals surface area (Å²) in [6, 6.07) is 3.31. The van der Waals surface area contributed by atoms with Crippen molar-refractivity contribution in [2.24, 2.45) is 0 Å². The Morgan fingerprint density at radius 3 is 2.94 bits per heavy atom. The molecule has 0 N–H and O–H groups in total. The maximum Gasteiger partial charge on any atom is 0.159 e. The molecule has 0 aromatic rings. The summed E-state index contributed by atoms with van der Waals surface area (Å²) in [7, 11) is 0. The lowest BCUT2D eigenvalue weighted by Crippen LogP contribution is -2.45. The van der Waals surface area contributed by atoms with E-state index in [2.05, 4.69) is 24.8 Å². The fourth-order valence-electron chi connectivity index (χ4n) is 3.02. The van der Waals surface area contributed by atoms with Crippen LogP contribution in [0.1, 0.15) is 46.0 Å². The number of nitriles is 1. The summed E-state index contributed by atoms with van der Waals surface area (Å²) in [5.74, 6) is 0. The molecule has 18 heavy (non-hydrogen) atoms. The minimum absolute atomic E-state index is 0.0175. The largest absolute Gasteiger partial charge is 0.350 e. The second kappa shape index (κ2) is 6.51. The summed E-state index contributed by atoms with van der Waals surface area (Å²) in [5, 5.41) is 8.66. The molecule has 0 aromatic heterocycles. The van der Waals surface area contributed by atoms with Crippen molar-refractivity contribution in [2.75, 3.05) is 13.2 Å². The molecule has 2 saturated heterocycles. The molecule has 4 nitrogen and oxygen atoms in total. The van der Waals surface area contributed by atoms with E-state index in [0.29, 0.717) is 25.1 Å². The van der Waals surface area contributed by atoms with Gasteiger partial charge in [-0.1, -0.05) is 6.42 Å². The van der Waals surface area contributed by atoms with Gasteiger partial charge in [-0.05, 0) is 33.2 Å². The number of rotatable bonds is 4. The van der Waals surface area contributed by atoms with Gasteiger partial charge in [0.2, 0.25) is 0 Å². The molecule has 0 aromatic carbocycles. The van der Waals surface area contributed by atoms with Crippen LogP contribution in [0.3, 0.4) is 0 Å². The Morgan fingerprint density at radius 2 is 2.22 bits per heavy atom. The number of piperidine rings is 1. The second-order valence-electron chi connectivity index (χ2n) is 5.60. The van der Waals surface area contributed by atoms with E-state index in [9.17, 15) is 0 Å². The van der Waals surface area contributed by atoms with Crippen LogP contribution in [0.2, 0.25) is 0 Å². The van der Waals surface area contributed by atoms with Crippen LogP contribution in [0.5, 0.6) is 0 Å². The lowest BCUT2D eigenvalue weighted by Gasteiger charge is -2.39. The lowest BCUT2D eigenvalue weighted by molar-refractivity contribution is -0.0814. The fourth-order valence-corrected chi connectivity index (χ4v) is 3.02. The van der Waals surface area contributed by atoms with Gasteiger partial charge in [0.1, 0.15) is 0 Å². The normalized spacial score (nSPS) is 33.8. The smallest absolute Gasteiger partial charge is 0.159 e. The fraction of sp³-hybridized carbons (Fsp3) is 0.929. The maximum absolute atomic E-state index is 8.66. The summed E-state index contributed by atoms with van der Waals surface area (Å²) in [4.78, 5) is 2.56. The van der Waals surface area contributed by atoms with Gasteiger partial charge in [-0.3, -0.25) is 4.90 Å². The predicted octanol–water partition coefficient (Wildman–Crippen LogP) is 2.29. The Morgan fingerprint density at radius 1 is 1.39 bits per heavy atom. The van der Waals surface area contributed by atoms with Crippen molar-refractivity contribution < 1.29 is 9.47 Å². The zero-order chi connectivity index (χ0) is 13.0.